The number of pyridine rings is 1. The van der Waals surface area contributed by atoms with Gasteiger partial charge in [-0.1, -0.05) is 12.1 Å². The van der Waals surface area contributed by atoms with E-state index in [2.05, 4.69) is 25.8 Å². The molecule has 0 atom stereocenters. The summed E-state index contributed by atoms with van der Waals surface area (Å²) in [4.78, 5) is 45.1. The number of carbonyl (C=O) groups is 3. The van der Waals surface area contributed by atoms with Crippen LogP contribution in [0.1, 0.15) is 52.6 Å². The summed E-state index contributed by atoms with van der Waals surface area (Å²) in [5.41, 5.74) is 0.126. The molecule has 43 heavy (non-hydrogen) atoms. The quantitative estimate of drug-likeness (QED) is 0.330. The zero-order valence-corrected chi connectivity index (χ0v) is 23.9. The third-order valence-corrected chi connectivity index (χ3v) is 6.54. The van der Waals surface area contributed by atoms with Gasteiger partial charge in [0.25, 0.3) is 11.8 Å². The molecule has 2 aromatic carbocycles. The zero-order valence-electron chi connectivity index (χ0n) is 23.9. The van der Waals surface area contributed by atoms with E-state index in [0.717, 1.165) is 23.8 Å². The van der Waals surface area contributed by atoms with Crippen LogP contribution in [0.3, 0.4) is 0 Å². The molecule has 9 nitrogen and oxygen atoms in total. The van der Waals surface area contributed by atoms with Crippen LogP contribution in [0.5, 0.6) is 0 Å². The molecular formula is C30H32F4N6O3. The van der Waals surface area contributed by atoms with Gasteiger partial charge in [-0.15, -0.1) is 0 Å². The average Bonchev–Trinajstić information content (AvgIpc) is 2.93. The van der Waals surface area contributed by atoms with Gasteiger partial charge < -0.3 is 15.5 Å². The Balaban J connectivity index is 1.28. The van der Waals surface area contributed by atoms with Crippen molar-refractivity contribution in [2.24, 2.45) is 0 Å². The first kappa shape index (κ1) is 31.4. The number of aromatic nitrogens is 1. The summed E-state index contributed by atoms with van der Waals surface area (Å²) in [6.45, 7) is 8.39. The lowest BCUT2D eigenvalue weighted by Gasteiger charge is -2.35. The van der Waals surface area contributed by atoms with Crippen molar-refractivity contribution in [3.05, 3.63) is 88.9 Å². The minimum atomic E-state index is -4.57. The highest BCUT2D eigenvalue weighted by Gasteiger charge is 2.30. The number of halogens is 4. The molecule has 0 bridgehead atoms. The molecule has 3 aromatic rings. The van der Waals surface area contributed by atoms with Gasteiger partial charge in [-0.25, -0.2) is 14.2 Å². The van der Waals surface area contributed by atoms with E-state index in [-0.39, 0.29) is 34.4 Å². The minimum absolute atomic E-state index is 0.110. The molecule has 4 amide bonds. The predicted molar refractivity (Wildman–Crippen MR) is 153 cm³/mol. The predicted octanol–water partition coefficient (Wildman–Crippen LogP) is 5.37. The fraction of sp³-hybridized carbons (Fsp3) is 0.333. The van der Waals surface area contributed by atoms with Gasteiger partial charge in [0.05, 0.1) is 11.3 Å². The highest BCUT2D eigenvalue weighted by Crippen LogP contribution is 2.29. The van der Waals surface area contributed by atoms with E-state index in [1.165, 1.54) is 12.1 Å². The van der Waals surface area contributed by atoms with Crippen LogP contribution < -0.4 is 16.0 Å². The lowest BCUT2D eigenvalue weighted by molar-refractivity contribution is -0.137. The molecule has 0 radical (unpaired) electrons. The van der Waals surface area contributed by atoms with Crippen LogP contribution in [-0.2, 0) is 12.7 Å². The number of amides is 4. The van der Waals surface area contributed by atoms with Gasteiger partial charge in [0.2, 0.25) is 0 Å². The van der Waals surface area contributed by atoms with E-state index in [0.29, 0.717) is 44.5 Å². The average molecular weight is 601 g/mol. The van der Waals surface area contributed by atoms with Crippen molar-refractivity contribution in [1.82, 2.24) is 20.1 Å². The Morgan fingerprint density at radius 2 is 1.60 bits per heavy atom. The van der Waals surface area contributed by atoms with Gasteiger partial charge in [-0.2, -0.15) is 13.2 Å². The monoisotopic (exact) mass is 600 g/mol. The summed E-state index contributed by atoms with van der Waals surface area (Å²) >= 11 is 0. The molecule has 0 spiro atoms. The molecule has 1 aliphatic heterocycles. The maximum absolute atomic E-state index is 14.8. The van der Waals surface area contributed by atoms with E-state index in [4.69, 9.17) is 0 Å². The second-order valence-corrected chi connectivity index (χ2v) is 11.2. The fourth-order valence-electron chi connectivity index (χ4n) is 4.43. The molecule has 1 fully saturated rings. The lowest BCUT2D eigenvalue weighted by Crippen LogP contribution is -2.48. The highest BCUT2D eigenvalue weighted by molar-refractivity contribution is 6.00. The first-order valence-electron chi connectivity index (χ1n) is 13.5. The molecule has 1 saturated heterocycles. The van der Waals surface area contributed by atoms with E-state index in [1.54, 1.807) is 11.0 Å². The second kappa shape index (κ2) is 12.8. The minimum Gasteiger partial charge on any atom is -0.347 e. The Morgan fingerprint density at radius 3 is 2.21 bits per heavy atom. The van der Waals surface area contributed by atoms with Crippen LogP contribution >= 0.6 is 0 Å². The third kappa shape index (κ3) is 8.74. The lowest BCUT2D eigenvalue weighted by atomic mass is 10.1. The smallest absolute Gasteiger partial charge is 0.347 e. The molecule has 228 valence electrons. The van der Waals surface area contributed by atoms with Crippen molar-refractivity contribution >= 4 is 29.4 Å². The summed E-state index contributed by atoms with van der Waals surface area (Å²) in [6.07, 6.45) is -3.99. The summed E-state index contributed by atoms with van der Waals surface area (Å²) in [6, 6.07) is 11.9. The largest absolute Gasteiger partial charge is 0.417 e. The number of hydrogen-bond acceptors (Lipinski definition) is 5. The number of piperazine rings is 1. The van der Waals surface area contributed by atoms with Gasteiger partial charge in [-0.3, -0.25) is 19.8 Å². The second-order valence-electron chi connectivity index (χ2n) is 11.2. The zero-order chi connectivity index (χ0) is 31.4. The van der Waals surface area contributed by atoms with E-state index in [1.807, 2.05) is 39.0 Å². The SMILES string of the molecule is CC(C)(C)NC(=O)c1cccc(CN2CCN(C(=O)c3ccc(NC(=O)Nc4ccc(C(F)(F)F)cn4)c(F)c3)CC2)c1. The summed E-state index contributed by atoms with van der Waals surface area (Å²) in [5, 5.41) is 7.44. The van der Waals surface area contributed by atoms with Gasteiger partial charge in [0.1, 0.15) is 11.6 Å². The number of nitrogens with zero attached hydrogens (tertiary/aromatic N) is 3. The van der Waals surface area contributed by atoms with Crippen LogP contribution in [-0.4, -0.2) is 64.3 Å². The molecule has 0 unspecified atom stereocenters. The van der Waals surface area contributed by atoms with Gasteiger partial charge >= 0.3 is 12.2 Å². The Kier molecular flexibility index (Phi) is 9.34. The van der Waals surface area contributed by atoms with Crippen molar-refractivity contribution in [2.45, 2.75) is 39.0 Å². The maximum atomic E-state index is 14.8. The third-order valence-electron chi connectivity index (χ3n) is 6.54. The Hall–Kier alpha value is -4.52. The Morgan fingerprint density at radius 1 is 0.884 bits per heavy atom. The number of alkyl halides is 3. The number of nitrogens with one attached hydrogen (secondary N) is 3. The Labute approximate surface area is 246 Å². The summed E-state index contributed by atoms with van der Waals surface area (Å²) in [7, 11) is 0. The molecule has 1 aromatic heterocycles. The molecule has 4 rings (SSSR count). The molecule has 1 aliphatic rings. The van der Waals surface area contributed by atoms with Crippen LogP contribution in [0.4, 0.5) is 33.9 Å². The fourth-order valence-corrected chi connectivity index (χ4v) is 4.43. The topological polar surface area (TPSA) is 107 Å². The van der Waals surface area contributed by atoms with Crippen LogP contribution in [0, 0.1) is 5.82 Å². The van der Waals surface area contributed by atoms with E-state index in [9.17, 15) is 31.9 Å². The molecule has 2 heterocycles. The standard InChI is InChI=1S/C30H32F4N6O3/c1-29(2,3)38-26(41)20-6-4-5-19(15-20)18-39-11-13-40(14-12-39)27(42)21-7-9-24(23(31)16-21)36-28(43)37-25-10-8-22(17-35-25)30(32,33)34/h4-10,15-17H,11-14,18H2,1-3H3,(H,38,41)(H2,35,36,37,43). The number of benzene rings is 2. The molecule has 0 saturated carbocycles. The van der Waals surface area contributed by atoms with E-state index < -0.39 is 23.6 Å². The van der Waals surface area contributed by atoms with Crippen molar-refractivity contribution < 1.29 is 31.9 Å². The normalized spacial score (nSPS) is 14.3. The van der Waals surface area contributed by atoms with Gasteiger partial charge in [0.15, 0.2) is 0 Å². The number of hydrogen-bond donors (Lipinski definition) is 3. The Bertz CT molecular complexity index is 1480. The summed E-state index contributed by atoms with van der Waals surface area (Å²) in [5.74, 6) is -1.51. The van der Waals surface area contributed by atoms with Crippen LogP contribution in [0.2, 0.25) is 0 Å². The molecule has 0 aliphatic carbocycles. The molecule has 13 heteroatoms. The number of anilines is 2. The first-order chi connectivity index (χ1) is 20.2. The van der Waals surface area contributed by atoms with Crippen molar-refractivity contribution in [3.8, 4) is 0 Å². The van der Waals surface area contributed by atoms with Crippen molar-refractivity contribution in [1.29, 1.82) is 0 Å². The van der Waals surface area contributed by atoms with Gasteiger partial charge in [0, 0.05) is 55.6 Å². The summed E-state index contributed by atoms with van der Waals surface area (Å²) < 4.78 is 52.8. The number of rotatable bonds is 6. The van der Waals surface area contributed by atoms with Crippen molar-refractivity contribution in [2.75, 3.05) is 36.8 Å². The van der Waals surface area contributed by atoms with Gasteiger partial charge in [-0.05, 0) is 68.8 Å². The first-order valence-corrected chi connectivity index (χ1v) is 13.5. The van der Waals surface area contributed by atoms with Crippen molar-refractivity contribution in [3.63, 3.8) is 0 Å². The number of urea groups is 1. The molecular weight excluding hydrogens is 568 g/mol. The highest BCUT2D eigenvalue weighted by atomic mass is 19.4. The molecule has 3 N–H and O–H groups in total. The van der Waals surface area contributed by atoms with E-state index >= 15 is 0 Å². The van der Waals surface area contributed by atoms with Crippen LogP contribution in [0.25, 0.3) is 0 Å². The number of carbonyl (C=O) groups excluding carboxylic acids is 3. The maximum Gasteiger partial charge on any atom is 0.417 e. The van der Waals surface area contributed by atoms with Crippen LogP contribution in [0.15, 0.2) is 60.8 Å².